The van der Waals surface area contributed by atoms with Gasteiger partial charge in [0.25, 0.3) is 0 Å². The summed E-state index contributed by atoms with van der Waals surface area (Å²) in [6.07, 6.45) is 5.73. The van der Waals surface area contributed by atoms with Gasteiger partial charge in [0, 0.05) is 42.3 Å². The Bertz CT molecular complexity index is 1180. The van der Waals surface area contributed by atoms with Crippen molar-refractivity contribution < 1.29 is 23.9 Å². The first kappa shape index (κ1) is 29.3. The van der Waals surface area contributed by atoms with Crippen LogP contribution in [0.3, 0.4) is 0 Å². The quantitative estimate of drug-likeness (QED) is 0.263. The molecule has 1 amide bonds. The van der Waals surface area contributed by atoms with Crippen molar-refractivity contribution in [2.45, 2.75) is 97.4 Å². The number of ketones is 2. The fourth-order valence-electron chi connectivity index (χ4n) is 5.24. The first-order valence-electron chi connectivity index (χ1n) is 13.8. The van der Waals surface area contributed by atoms with E-state index in [-0.39, 0.29) is 49.8 Å². The SMILES string of the molecule is Cc1ccc(C)c(C(=O)CCC(=O)NC2(CCOC(=O)CCC(=O)c3cc(C)ccc3C)CCCCC2)c1. The van der Waals surface area contributed by atoms with Crippen LogP contribution in [0.1, 0.15) is 107 Å². The number of carbonyl (C=O) groups excluding carboxylic acids is 4. The molecule has 0 saturated heterocycles. The normalized spacial score (nSPS) is 14.5. The van der Waals surface area contributed by atoms with E-state index < -0.39 is 11.5 Å². The summed E-state index contributed by atoms with van der Waals surface area (Å²) in [6.45, 7) is 7.88. The Hall–Kier alpha value is -3.28. The van der Waals surface area contributed by atoms with Gasteiger partial charge in [-0.25, -0.2) is 0 Å². The first-order valence-corrected chi connectivity index (χ1v) is 13.8. The largest absolute Gasteiger partial charge is 0.466 e. The van der Waals surface area contributed by atoms with Crippen LogP contribution < -0.4 is 5.32 Å². The predicted octanol–water partition coefficient (Wildman–Crippen LogP) is 6.30. The number of hydrogen-bond donors (Lipinski definition) is 1. The van der Waals surface area contributed by atoms with Crippen molar-refractivity contribution >= 4 is 23.4 Å². The molecule has 3 rings (SSSR count). The average Bonchev–Trinajstić information content (AvgIpc) is 2.89. The number of carbonyl (C=O) groups is 4. The van der Waals surface area contributed by atoms with Gasteiger partial charge in [0.2, 0.25) is 5.91 Å². The molecule has 1 N–H and O–H groups in total. The molecule has 2 aromatic rings. The van der Waals surface area contributed by atoms with Gasteiger partial charge in [-0.1, -0.05) is 54.7 Å². The highest BCUT2D eigenvalue weighted by molar-refractivity contribution is 5.99. The third kappa shape index (κ3) is 8.37. The Labute approximate surface area is 226 Å². The molecule has 0 radical (unpaired) electrons. The van der Waals surface area contributed by atoms with E-state index >= 15 is 0 Å². The Kier molecular flexibility index (Phi) is 10.4. The van der Waals surface area contributed by atoms with E-state index in [4.69, 9.17) is 4.74 Å². The highest BCUT2D eigenvalue weighted by atomic mass is 16.5. The maximum atomic E-state index is 12.9. The monoisotopic (exact) mass is 519 g/mol. The van der Waals surface area contributed by atoms with Crippen molar-refractivity contribution in [1.82, 2.24) is 5.32 Å². The van der Waals surface area contributed by atoms with Gasteiger partial charge >= 0.3 is 5.97 Å². The molecular formula is C32H41NO5. The molecule has 0 spiro atoms. The summed E-state index contributed by atoms with van der Waals surface area (Å²) in [7, 11) is 0. The summed E-state index contributed by atoms with van der Waals surface area (Å²) in [5.41, 5.74) is 4.75. The third-order valence-electron chi connectivity index (χ3n) is 7.58. The molecule has 1 aliphatic carbocycles. The first-order chi connectivity index (χ1) is 18.1. The number of Topliss-reactive ketones (excluding diaryl/α,β-unsaturated/α-hetero) is 2. The van der Waals surface area contributed by atoms with Gasteiger partial charge in [0.05, 0.1) is 13.0 Å². The highest BCUT2D eigenvalue weighted by Gasteiger charge is 2.33. The van der Waals surface area contributed by atoms with Crippen LogP contribution in [0.15, 0.2) is 36.4 Å². The van der Waals surface area contributed by atoms with Crippen molar-refractivity contribution in [2.75, 3.05) is 6.61 Å². The van der Waals surface area contributed by atoms with Gasteiger partial charge in [0.1, 0.15) is 0 Å². The van der Waals surface area contributed by atoms with E-state index in [1.165, 1.54) is 0 Å². The highest BCUT2D eigenvalue weighted by Crippen LogP contribution is 2.31. The topological polar surface area (TPSA) is 89.5 Å². The second-order valence-electron chi connectivity index (χ2n) is 10.8. The van der Waals surface area contributed by atoms with Gasteiger partial charge in [-0.15, -0.1) is 0 Å². The summed E-state index contributed by atoms with van der Waals surface area (Å²) in [5, 5.41) is 3.19. The average molecular weight is 520 g/mol. The number of benzene rings is 2. The summed E-state index contributed by atoms with van der Waals surface area (Å²) < 4.78 is 5.48. The molecule has 0 heterocycles. The molecule has 0 aromatic heterocycles. The van der Waals surface area contributed by atoms with Crippen molar-refractivity contribution in [3.8, 4) is 0 Å². The Balaban J connectivity index is 1.47. The molecule has 0 unspecified atom stereocenters. The maximum Gasteiger partial charge on any atom is 0.306 e. The number of hydrogen-bond acceptors (Lipinski definition) is 5. The minimum Gasteiger partial charge on any atom is -0.466 e. The van der Waals surface area contributed by atoms with Crippen LogP contribution in [0, 0.1) is 27.7 Å². The fraction of sp³-hybridized carbons (Fsp3) is 0.500. The Morgan fingerprint density at radius 2 is 1.26 bits per heavy atom. The smallest absolute Gasteiger partial charge is 0.306 e. The van der Waals surface area contributed by atoms with E-state index in [0.29, 0.717) is 17.5 Å². The van der Waals surface area contributed by atoms with Gasteiger partial charge in [0.15, 0.2) is 11.6 Å². The van der Waals surface area contributed by atoms with Crippen molar-refractivity contribution in [3.05, 3.63) is 69.8 Å². The van der Waals surface area contributed by atoms with E-state index in [1.54, 1.807) is 0 Å². The molecule has 0 bridgehead atoms. The minimum atomic E-state index is -0.424. The van der Waals surface area contributed by atoms with Gasteiger partial charge in [-0.3, -0.25) is 19.2 Å². The van der Waals surface area contributed by atoms with Crippen LogP contribution in [0.5, 0.6) is 0 Å². The zero-order valence-electron chi connectivity index (χ0n) is 23.3. The number of ether oxygens (including phenoxy) is 1. The summed E-state index contributed by atoms with van der Waals surface area (Å²) in [4.78, 5) is 50.5. The minimum absolute atomic E-state index is 0.0246. The van der Waals surface area contributed by atoms with Gasteiger partial charge in [-0.2, -0.15) is 0 Å². The molecule has 1 aliphatic rings. The lowest BCUT2D eigenvalue weighted by molar-refractivity contribution is -0.144. The molecule has 1 fully saturated rings. The molecule has 38 heavy (non-hydrogen) atoms. The van der Waals surface area contributed by atoms with Crippen molar-refractivity contribution in [3.63, 3.8) is 0 Å². The van der Waals surface area contributed by atoms with Crippen LogP contribution >= 0.6 is 0 Å². The predicted molar refractivity (Wildman–Crippen MR) is 148 cm³/mol. The lowest BCUT2D eigenvalue weighted by Gasteiger charge is -2.38. The number of esters is 1. The van der Waals surface area contributed by atoms with Gasteiger partial charge in [-0.05, 0) is 63.8 Å². The van der Waals surface area contributed by atoms with Crippen molar-refractivity contribution in [1.29, 1.82) is 0 Å². The lowest BCUT2D eigenvalue weighted by Crippen LogP contribution is -2.50. The van der Waals surface area contributed by atoms with Crippen LogP contribution in [0.2, 0.25) is 0 Å². The number of amides is 1. The zero-order valence-corrected chi connectivity index (χ0v) is 23.3. The van der Waals surface area contributed by atoms with E-state index in [0.717, 1.165) is 54.4 Å². The molecule has 0 aliphatic heterocycles. The zero-order chi connectivity index (χ0) is 27.7. The molecule has 204 valence electrons. The lowest BCUT2D eigenvalue weighted by atomic mass is 9.79. The fourth-order valence-corrected chi connectivity index (χ4v) is 5.24. The van der Waals surface area contributed by atoms with Crippen LogP contribution in [-0.4, -0.2) is 35.6 Å². The van der Waals surface area contributed by atoms with Crippen LogP contribution in [0.25, 0.3) is 0 Å². The number of aryl methyl sites for hydroxylation is 4. The second-order valence-corrected chi connectivity index (χ2v) is 10.8. The van der Waals surface area contributed by atoms with E-state index in [2.05, 4.69) is 5.32 Å². The molecule has 6 nitrogen and oxygen atoms in total. The standard InChI is InChI=1S/C32H41NO5/c1-22-8-10-24(3)26(20-22)28(34)12-14-30(36)33-32(16-6-5-7-17-32)18-19-38-31(37)15-13-29(35)27-21-23(2)9-11-25(27)4/h8-11,20-21H,5-7,12-19H2,1-4H3,(H,33,36). The molecule has 2 aromatic carbocycles. The van der Waals surface area contributed by atoms with Crippen LogP contribution in [0.4, 0.5) is 0 Å². The molecule has 0 atom stereocenters. The van der Waals surface area contributed by atoms with Crippen molar-refractivity contribution in [2.24, 2.45) is 0 Å². The number of nitrogens with one attached hydrogen (secondary N) is 1. The Morgan fingerprint density at radius 3 is 1.82 bits per heavy atom. The van der Waals surface area contributed by atoms with Gasteiger partial charge < -0.3 is 10.1 Å². The summed E-state index contributed by atoms with van der Waals surface area (Å²) in [5.74, 6) is -0.631. The maximum absolute atomic E-state index is 12.9. The molecule has 6 heteroatoms. The van der Waals surface area contributed by atoms with Crippen LogP contribution in [-0.2, 0) is 14.3 Å². The second kappa shape index (κ2) is 13.5. The number of rotatable bonds is 12. The summed E-state index contributed by atoms with van der Waals surface area (Å²) >= 11 is 0. The van der Waals surface area contributed by atoms with E-state index in [9.17, 15) is 19.2 Å². The molecular weight excluding hydrogens is 478 g/mol. The summed E-state index contributed by atoms with van der Waals surface area (Å²) in [6, 6.07) is 11.5. The third-order valence-corrected chi connectivity index (χ3v) is 7.58. The van der Waals surface area contributed by atoms with E-state index in [1.807, 2.05) is 64.1 Å². The molecule has 1 saturated carbocycles. The Morgan fingerprint density at radius 1 is 0.737 bits per heavy atom.